The monoisotopic (exact) mass is 347 g/mol. The highest BCUT2D eigenvalue weighted by Gasteiger charge is 2.36. The van der Waals surface area contributed by atoms with Crippen LogP contribution in [0.1, 0.15) is 25.3 Å². The summed E-state index contributed by atoms with van der Waals surface area (Å²) in [5, 5.41) is 28.5. The van der Waals surface area contributed by atoms with Gasteiger partial charge in [-0.1, -0.05) is 12.1 Å². The summed E-state index contributed by atoms with van der Waals surface area (Å²) < 4.78 is 14.5. The highest BCUT2D eigenvalue weighted by atomic mass is 16.7. The lowest BCUT2D eigenvalue weighted by atomic mass is 9.89. The van der Waals surface area contributed by atoms with Gasteiger partial charge in [0.1, 0.15) is 28.5 Å². The van der Waals surface area contributed by atoms with Crippen LogP contribution in [0, 0.1) is 0 Å². The Morgan fingerprint density at radius 2 is 1.68 bits per heavy atom. The molecular weight excluding hydrogens is 334 g/mol. The number of carbonyl (C=O) groups is 2. The van der Waals surface area contributed by atoms with Gasteiger partial charge in [0.2, 0.25) is 0 Å². The number of hydrogen-bond acceptors (Lipinski definition) is 8. The van der Waals surface area contributed by atoms with Gasteiger partial charge >= 0.3 is 12.3 Å². The first-order valence-electron chi connectivity index (χ1n) is 7.09. The van der Waals surface area contributed by atoms with Crippen molar-refractivity contribution < 1.29 is 33.9 Å². The number of nitrogens with zero attached hydrogens (tertiary/aromatic N) is 2. The number of hydrogen-bond donors (Lipinski definition) is 3. The Balaban J connectivity index is 2.23. The first-order chi connectivity index (χ1) is 11.9. The first-order valence-corrected chi connectivity index (χ1v) is 7.09. The molecule has 1 aromatic carbocycles. The molecule has 10 nitrogen and oxygen atoms in total. The van der Waals surface area contributed by atoms with Crippen LogP contribution < -0.4 is 5.32 Å². The van der Waals surface area contributed by atoms with Crippen molar-refractivity contribution in [3.05, 3.63) is 46.7 Å². The van der Waals surface area contributed by atoms with Crippen LogP contribution in [0.2, 0.25) is 0 Å². The fourth-order valence-electron chi connectivity index (χ4n) is 2.76. The Labute approximate surface area is 140 Å². The molecule has 0 saturated carbocycles. The van der Waals surface area contributed by atoms with Gasteiger partial charge in [-0.25, -0.2) is 14.2 Å². The summed E-state index contributed by atoms with van der Waals surface area (Å²) in [4.78, 5) is 22.2. The molecule has 130 valence electrons. The Morgan fingerprint density at radius 3 is 2.24 bits per heavy atom. The van der Waals surface area contributed by atoms with Crippen LogP contribution in [0.3, 0.4) is 0 Å². The maximum Gasteiger partial charge on any atom is 0.511 e. The van der Waals surface area contributed by atoms with E-state index < -0.39 is 18.2 Å². The van der Waals surface area contributed by atoms with Gasteiger partial charge in [0.15, 0.2) is 0 Å². The van der Waals surface area contributed by atoms with Gasteiger partial charge in [0, 0.05) is 5.56 Å². The zero-order valence-corrected chi connectivity index (χ0v) is 13.1. The molecule has 0 amide bonds. The zero-order chi connectivity index (χ0) is 18.1. The molecule has 3 rings (SSSR count). The average molecular weight is 347 g/mol. The molecule has 1 aliphatic rings. The minimum Gasteiger partial charge on any atom is -0.449 e. The van der Waals surface area contributed by atoms with Crippen LogP contribution in [-0.2, 0) is 9.47 Å². The molecule has 0 aliphatic carbocycles. The lowest BCUT2D eigenvalue weighted by molar-refractivity contribution is 0.0980. The highest BCUT2D eigenvalue weighted by molar-refractivity contribution is 5.79. The van der Waals surface area contributed by atoms with E-state index in [1.165, 1.54) is 0 Å². The van der Waals surface area contributed by atoms with E-state index >= 15 is 0 Å². The third-order valence-electron chi connectivity index (χ3n) is 3.66. The number of allylic oxidation sites excluding steroid dienone is 2. The van der Waals surface area contributed by atoms with E-state index in [0.717, 1.165) is 0 Å². The second kappa shape index (κ2) is 6.15. The van der Waals surface area contributed by atoms with E-state index in [1.807, 2.05) is 0 Å². The molecule has 0 atom stereocenters. The van der Waals surface area contributed by atoms with E-state index in [0.29, 0.717) is 28.0 Å². The van der Waals surface area contributed by atoms with Crippen molar-refractivity contribution in [1.29, 1.82) is 0 Å². The normalized spacial score (nSPS) is 15.3. The Morgan fingerprint density at radius 1 is 1.08 bits per heavy atom. The average Bonchev–Trinajstić information content (AvgIpc) is 3.00. The molecular formula is C15H13N3O7. The minimum absolute atomic E-state index is 0.0233. The van der Waals surface area contributed by atoms with Gasteiger partial charge in [-0.05, 0) is 30.2 Å². The van der Waals surface area contributed by atoms with Crippen molar-refractivity contribution in [1.82, 2.24) is 15.6 Å². The lowest BCUT2D eigenvalue weighted by Crippen LogP contribution is -2.28. The number of carboxylic acid groups (broad SMARTS) is 2. The summed E-state index contributed by atoms with van der Waals surface area (Å²) >= 11 is 0. The van der Waals surface area contributed by atoms with Gasteiger partial charge in [0.25, 0.3) is 0 Å². The number of aromatic nitrogens is 2. The smallest absolute Gasteiger partial charge is 0.449 e. The van der Waals surface area contributed by atoms with Gasteiger partial charge in [-0.15, -0.1) is 0 Å². The van der Waals surface area contributed by atoms with Crippen molar-refractivity contribution in [2.75, 3.05) is 0 Å². The van der Waals surface area contributed by atoms with Crippen LogP contribution in [0.5, 0.6) is 0 Å². The van der Waals surface area contributed by atoms with Gasteiger partial charge in [-0.3, -0.25) is 0 Å². The van der Waals surface area contributed by atoms with Crippen LogP contribution in [0.25, 0.3) is 11.0 Å². The summed E-state index contributed by atoms with van der Waals surface area (Å²) in [5.74, 6) is -1.00. The van der Waals surface area contributed by atoms with E-state index in [9.17, 15) is 9.59 Å². The van der Waals surface area contributed by atoms with Crippen molar-refractivity contribution in [2.24, 2.45) is 0 Å². The Bertz CT molecular complexity index is 890. The zero-order valence-electron chi connectivity index (χ0n) is 13.1. The molecule has 1 aromatic heterocycles. The molecule has 25 heavy (non-hydrogen) atoms. The van der Waals surface area contributed by atoms with Gasteiger partial charge in [-0.2, -0.15) is 0 Å². The van der Waals surface area contributed by atoms with E-state index in [4.69, 9.17) is 24.3 Å². The molecule has 0 spiro atoms. The summed E-state index contributed by atoms with van der Waals surface area (Å²) in [7, 11) is 0. The lowest BCUT2D eigenvalue weighted by Gasteiger charge is -2.29. The molecule has 2 heterocycles. The first kappa shape index (κ1) is 16.3. The number of nitrogens with one attached hydrogen (secondary N) is 1. The number of benzene rings is 1. The Hall–Kier alpha value is -3.56. The van der Waals surface area contributed by atoms with Crippen molar-refractivity contribution >= 4 is 23.3 Å². The second-order valence-electron chi connectivity index (χ2n) is 5.25. The van der Waals surface area contributed by atoms with Crippen LogP contribution in [0.4, 0.5) is 9.59 Å². The molecule has 0 fully saturated rings. The molecule has 10 heteroatoms. The van der Waals surface area contributed by atoms with E-state index in [2.05, 4.69) is 15.6 Å². The SMILES string of the molecule is CC1=C(OC(=O)O)C(c2cccc3nonc23)C(OC(=O)O)=C(C)N1. The molecule has 0 bridgehead atoms. The summed E-state index contributed by atoms with van der Waals surface area (Å²) in [5.41, 5.74) is 2.00. The summed E-state index contributed by atoms with van der Waals surface area (Å²) in [6, 6.07) is 4.95. The van der Waals surface area contributed by atoms with Gasteiger partial charge < -0.3 is 25.0 Å². The molecule has 0 unspecified atom stereocenters. The number of rotatable bonds is 3. The van der Waals surface area contributed by atoms with Crippen LogP contribution in [0.15, 0.2) is 45.7 Å². The predicted molar refractivity (Wildman–Crippen MR) is 81.3 cm³/mol. The maximum absolute atomic E-state index is 11.1. The summed E-state index contributed by atoms with van der Waals surface area (Å²) in [6.45, 7) is 3.21. The Kier molecular flexibility index (Phi) is 4.01. The fraction of sp³-hybridized carbons (Fsp3) is 0.200. The third-order valence-corrected chi connectivity index (χ3v) is 3.66. The molecule has 3 N–H and O–H groups in total. The quantitative estimate of drug-likeness (QED) is 0.709. The molecule has 0 radical (unpaired) electrons. The fourth-order valence-corrected chi connectivity index (χ4v) is 2.76. The van der Waals surface area contributed by atoms with E-state index in [-0.39, 0.29) is 11.5 Å². The predicted octanol–water partition coefficient (Wildman–Crippen LogP) is 2.76. The standard InChI is InChI=1S/C15H13N3O7/c1-6-12(23-14(19)20)10(13(7(2)16-6)24-15(21)22)8-4-3-5-9-11(8)18-25-17-9/h3-5,10,16H,1-2H3,(H,19,20)(H,21,22). The third kappa shape index (κ3) is 2.96. The molecule has 0 saturated heterocycles. The van der Waals surface area contributed by atoms with Crippen molar-refractivity contribution in [3.8, 4) is 0 Å². The number of ether oxygens (including phenoxy) is 2. The summed E-state index contributed by atoms with van der Waals surface area (Å²) in [6.07, 6.45) is -3.08. The topological polar surface area (TPSA) is 144 Å². The largest absolute Gasteiger partial charge is 0.511 e. The minimum atomic E-state index is -1.54. The van der Waals surface area contributed by atoms with Crippen molar-refractivity contribution in [2.45, 2.75) is 19.8 Å². The van der Waals surface area contributed by atoms with Crippen LogP contribution in [-0.4, -0.2) is 32.8 Å². The number of fused-ring (bicyclic) bond motifs is 1. The molecule has 1 aliphatic heterocycles. The van der Waals surface area contributed by atoms with Gasteiger partial charge in [0.05, 0.1) is 11.4 Å². The van der Waals surface area contributed by atoms with E-state index in [1.54, 1.807) is 32.0 Å². The molecule has 2 aromatic rings. The van der Waals surface area contributed by atoms with Crippen molar-refractivity contribution in [3.63, 3.8) is 0 Å². The second-order valence-corrected chi connectivity index (χ2v) is 5.25. The van der Waals surface area contributed by atoms with Crippen LogP contribution >= 0.6 is 0 Å². The maximum atomic E-state index is 11.1. The highest BCUT2D eigenvalue weighted by Crippen LogP contribution is 2.41. The number of dihydropyridines is 1.